The second-order valence-corrected chi connectivity index (χ2v) is 7.41. The molecule has 138 valence electrons. The van der Waals surface area contributed by atoms with Crippen molar-refractivity contribution in [1.82, 2.24) is 9.88 Å². The highest BCUT2D eigenvalue weighted by Crippen LogP contribution is 2.45. The highest BCUT2D eigenvalue weighted by molar-refractivity contribution is 5.89. The molecule has 5 nitrogen and oxygen atoms in total. The van der Waals surface area contributed by atoms with E-state index in [-0.39, 0.29) is 12.0 Å². The number of ether oxygens (including phenoxy) is 1. The van der Waals surface area contributed by atoms with Crippen LogP contribution < -0.4 is 0 Å². The normalized spacial score (nSPS) is 26.4. The number of esters is 1. The van der Waals surface area contributed by atoms with Crippen LogP contribution in [0.5, 0.6) is 0 Å². The van der Waals surface area contributed by atoms with Crippen LogP contribution in [0.15, 0.2) is 36.1 Å². The number of aromatic nitrogens is 1. The highest BCUT2D eigenvalue weighted by atomic mass is 16.5. The number of nitrogens with zero attached hydrogens (tertiary/aromatic N) is 1. The molecule has 1 aromatic heterocycles. The first-order valence-corrected chi connectivity index (χ1v) is 9.44. The minimum absolute atomic E-state index is 0.0102. The number of hydrogen-bond donors (Lipinski definition) is 2. The minimum Gasteiger partial charge on any atom is -0.515 e. The van der Waals surface area contributed by atoms with Crippen molar-refractivity contribution < 1.29 is 14.6 Å². The summed E-state index contributed by atoms with van der Waals surface area (Å²) in [7, 11) is 1.37. The van der Waals surface area contributed by atoms with Gasteiger partial charge in [0.05, 0.1) is 25.0 Å². The number of aromatic amines is 1. The van der Waals surface area contributed by atoms with Crippen LogP contribution in [0.25, 0.3) is 10.9 Å². The van der Waals surface area contributed by atoms with Crippen molar-refractivity contribution in [2.24, 2.45) is 11.8 Å². The van der Waals surface area contributed by atoms with Gasteiger partial charge in [0.2, 0.25) is 0 Å². The van der Waals surface area contributed by atoms with Gasteiger partial charge in [-0.05, 0) is 36.3 Å². The fourth-order valence-corrected chi connectivity index (χ4v) is 4.93. The topological polar surface area (TPSA) is 65.6 Å². The highest BCUT2D eigenvalue weighted by Gasteiger charge is 2.42. The van der Waals surface area contributed by atoms with Gasteiger partial charge in [-0.15, -0.1) is 0 Å². The molecule has 2 aliphatic rings. The number of aliphatic hydroxyl groups is 1. The molecule has 2 aliphatic heterocycles. The molecule has 0 unspecified atom stereocenters. The second kappa shape index (κ2) is 6.80. The molecule has 0 radical (unpaired) electrons. The van der Waals surface area contributed by atoms with Gasteiger partial charge in [-0.2, -0.15) is 0 Å². The summed E-state index contributed by atoms with van der Waals surface area (Å²) < 4.78 is 4.91. The van der Waals surface area contributed by atoms with E-state index in [2.05, 4.69) is 41.1 Å². The third-order valence-corrected chi connectivity index (χ3v) is 6.27. The Kier molecular flexibility index (Phi) is 4.49. The zero-order chi connectivity index (χ0) is 18.3. The lowest BCUT2D eigenvalue weighted by atomic mass is 9.74. The first-order valence-electron chi connectivity index (χ1n) is 9.44. The molecule has 2 N–H and O–H groups in total. The predicted octanol–water partition coefficient (Wildman–Crippen LogP) is 3.73. The number of nitrogens with one attached hydrogen (secondary N) is 1. The quantitative estimate of drug-likeness (QED) is 0.501. The fourth-order valence-electron chi connectivity index (χ4n) is 4.93. The van der Waals surface area contributed by atoms with Crippen molar-refractivity contribution in [3.05, 3.63) is 47.4 Å². The molecule has 0 amide bonds. The van der Waals surface area contributed by atoms with E-state index in [9.17, 15) is 9.90 Å². The van der Waals surface area contributed by atoms with Crippen molar-refractivity contribution in [3.8, 4) is 0 Å². The zero-order valence-corrected chi connectivity index (χ0v) is 15.4. The molecule has 26 heavy (non-hydrogen) atoms. The van der Waals surface area contributed by atoms with E-state index in [0.717, 1.165) is 38.6 Å². The van der Waals surface area contributed by atoms with Crippen molar-refractivity contribution in [1.29, 1.82) is 0 Å². The number of aliphatic hydroxyl groups excluding tert-OH is 1. The zero-order valence-electron chi connectivity index (χ0n) is 15.4. The Labute approximate surface area is 153 Å². The maximum absolute atomic E-state index is 12.2. The van der Waals surface area contributed by atoms with Crippen LogP contribution in [-0.2, 0) is 16.0 Å². The first kappa shape index (κ1) is 17.2. The predicted molar refractivity (Wildman–Crippen MR) is 101 cm³/mol. The molecular weight excluding hydrogens is 328 g/mol. The number of para-hydroxylation sites is 1. The Hall–Kier alpha value is -2.27. The summed E-state index contributed by atoms with van der Waals surface area (Å²) in [6.45, 7) is 4.14. The van der Waals surface area contributed by atoms with Gasteiger partial charge in [-0.3, -0.25) is 4.90 Å². The van der Waals surface area contributed by atoms with Crippen LogP contribution in [0.3, 0.4) is 0 Å². The summed E-state index contributed by atoms with van der Waals surface area (Å²) >= 11 is 0. The fraction of sp³-hybridized carbons (Fsp3) is 0.476. The molecule has 0 saturated carbocycles. The number of fused-ring (bicyclic) bond motifs is 5. The lowest BCUT2D eigenvalue weighted by molar-refractivity contribution is -0.137. The van der Waals surface area contributed by atoms with Crippen LogP contribution in [0, 0.1) is 11.8 Å². The molecule has 1 aromatic carbocycles. The maximum atomic E-state index is 12.2. The van der Waals surface area contributed by atoms with E-state index in [4.69, 9.17) is 4.74 Å². The molecule has 0 aliphatic carbocycles. The van der Waals surface area contributed by atoms with E-state index in [0.29, 0.717) is 11.5 Å². The van der Waals surface area contributed by atoms with Crippen molar-refractivity contribution >= 4 is 16.9 Å². The van der Waals surface area contributed by atoms with Crippen LogP contribution in [0.2, 0.25) is 0 Å². The van der Waals surface area contributed by atoms with Gasteiger partial charge < -0.3 is 14.8 Å². The van der Waals surface area contributed by atoms with Crippen molar-refractivity contribution in [3.63, 3.8) is 0 Å². The molecule has 0 bridgehead atoms. The van der Waals surface area contributed by atoms with Crippen LogP contribution in [-0.4, -0.2) is 41.2 Å². The molecule has 1 fully saturated rings. The second-order valence-electron chi connectivity index (χ2n) is 7.41. The monoisotopic (exact) mass is 354 g/mol. The van der Waals surface area contributed by atoms with Crippen LogP contribution in [0.1, 0.15) is 37.1 Å². The summed E-state index contributed by atoms with van der Waals surface area (Å²) in [6.07, 6.45) is 3.81. The van der Waals surface area contributed by atoms with Gasteiger partial charge in [0, 0.05) is 29.7 Å². The molecule has 5 heteroatoms. The van der Waals surface area contributed by atoms with E-state index >= 15 is 0 Å². The Morgan fingerprint density at radius 1 is 1.42 bits per heavy atom. The van der Waals surface area contributed by atoms with Gasteiger partial charge in [-0.1, -0.05) is 31.5 Å². The molecule has 2 aromatic rings. The lowest BCUT2D eigenvalue weighted by Gasteiger charge is -2.46. The third-order valence-electron chi connectivity index (χ3n) is 6.27. The number of carbonyl (C=O) groups is 1. The van der Waals surface area contributed by atoms with E-state index < -0.39 is 5.97 Å². The first-order chi connectivity index (χ1) is 12.7. The molecule has 3 heterocycles. The Morgan fingerprint density at radius 2 is 2.23 bits per heavy atom. The summed E-state index contributed by atoms with van der Waals surface area (Å²) in [5, 5.41) is 11.0. The average Bonchev–Trinajstić information content (AvgIpc) is 3.07. The number of hydrogen-bond acceptors (Lipinski definition) is 4. The minimum atomic E-state index is -0.419. The molecule has 1 saturated heterocycles. The van der Waals surface area contributed by atoms with Crippen molar-refractivity contribution in [2.75, 3.05) is 20.2 Å². The summed E-state index contributed by atoms with van der Waals surface area (Å²) in [6, 6.07) is 8.70. The number of H-pyrrole nitrogens is 1. The van der Waals surface area contributed by atoms with Crippen LogP contribution >= 0.6 is 0 Å². The number of piperidine rings is 1. The summed E-state index contributed by atoms with van der Waals surface area (Å²) in [5.74, 6) is -0.0668. The van der Waals surface area contributed by atoms with Crippen LogP contribution in [0.4, 0.5) is 0 Å². The number of benzene rings is 1. The Bertz CT molecular complexity index is 854. The molecule has 0 spiro atoms. The summed E-state index contributed by atoms with van der Waals surface area (Å²) in [4.78, 5) is 18.3. The van der Waals surface area contributed by atoms with Gasteiger partial charge in [0.25, 0.3) is 0 Å². The number of methoxy groups -OCH3 is 1. The van der Waals surface area contributed by atoms with Gasteiger partial charge >= 0.3 is 5.97 Å². The number of rotatable bonds is 3. The molecule has 3 atom stereocenters. The molecular formula is C21H26N2O3. The lowest BCUT2D eigenvalue weighted by Crippen LogP contribution is -2.46. The van der Waals surface area contributed by atoms with Gasteiger partial charge in [-0.25, -0.2) is 4.79 Å². The smallest absolute Gasteiger partial charge is 0.337 e. The summed E-state index contributed by atoms with van der Waals surface area (Å²) in [5.41, 5.74) is 4.27. The van der Waals surface area contributed by atoms with E-state index in [1.807, 2.05) is 0 Å². The average molecular weight is 354 g/mol. The van der Waals surface area contributed by atoms with E-state index in [1.165, 1.54) is 29.3 Å². The number of carbonyl (C=O) groups excluding carboxylic acids is 1. The van der Waals surface area contributed by atoms with Gasteiger partial charge in [0.1, 0.15) is 0 Å². The largest absolute Gasteiger partial charge is 0.515 e. The third kappa shape index (κ3) is 2.62. The molecule has 4 rings (SSSR count). The van der Waals surface area contributed by atoms with E-state index in [1.54, 1.807) is 0 Å². The standard InChI is InChI=1S/C21H26N2O3/c1-3-13-11-23-9-8-15-14-6-4-5-7-18(14)22-20(15)19(23)10-16(13)17(12-24)21(25)26-2/h4-7,12-13,16,19,22,24H,3,8-11H2,1-2H3/b17-12-/t13-,16-,19+/m0/s1. The van der Waals surface area contributed by atoms with Crippen molar-refractivity contribution in [2.45, 2.75) is 32.2 Å². The maximum Gasteiger partial charge on any atom is 0.337 e. The van der Waals surface area contributed by atoms with Gasteiger partial charge in [0.15, 0.2) is 0 Å². The Balaban J connectivity index is 1.73. The SMILES string of the molecule is CC[C@H]1CN2CCc3c([nH]c4ccccc34)[C@H]2C[C@@H]1/C(=C/O)C(=O)OC. The Morgan fingerprint density at radius 3 is 2.96 bits per heavy atom.